The van der Waals surface area contributed by atoms with E-state index in [0.717, 1.165) is 18.4 Å². The fourth-order valence-corrected chi connectivity index (χ4v) is 3.97. The van der Waals surface area contributed by atoms with Gasteiger partial charge in [-0.3, -0.25) is 4.90 Å². The van der Waals surface area contributed by atoms with Crippen LogP contribution in [-0.4, -0.2) is 47.8 Å². The van der Waals surface area contributed by atoms with Crippen LogP contribution in [-0.2, 0) is 0 Å². The van der Waals surface area contributed by atoms with Crippen molar-refractivity contribution in [2.45, 2.75) is 83.3 Å². The van der Waals surface area contributed by atoms with E-state index in [4.69, 9.17) is 5.11 Å². The van der Waals surface area contributed by atoms with E-state index in [1.807, 2.05) is 0 Å². The fourth-order valence-electron chi connectivity index (χ4n) is 3.97. The second-order valence-corrected chi connectivity index (χ2v) is 7.21. The Morgan fingerprint density at radius 2 is 1.85 bits per heavy atom. The lowest BCUT2D eigenvalue weighted by molar-refractivity contribution is 0.0958. The fraction of sp³-hybridized carbons (Fsp3) is 1.00. The molecule has 3 heteroatoms. The third kappa shape index (κ3) is 5.01. The highest BCUT2D eigenvalue weighted by Crippen LogP contribution is 2.25. The average molecular weight is 282 g/mol. The minimum absolute atomic E-state index is 0.346. The van der Waals surface area contributed by atoms with Crippen molar-refractivity contribution in [2.24, 2.45) is 5.92 Å². The highest BCUT2D eigenvalue weighted by Gasteiger charge is 2.29. The largest absolute Gasteiger partial charge is 0.396 e. The van der Waals surface area contributed by atoms with Crippen molar-refractivity contribution in [1.29, 1.82) is 0 Å². The Morgan fingerprint density at radius 1 is 1.10 bits per heavy atom. The summed E-state index contributed by atoms with van der Waals surface area (Å²) < 4.78 is 0. The Balaban J connectivity index is 1.85. The van der Waals surface area contributed by atoms with Gasteiger partial charge in [-0.1, -0.05) is 19.3 Å². The molecule has 1 saturated carbocycles. The van der Waals surface area contributed by atoms with Gasteiger partial charge in [-0.15, -0.1) is 0 Å². The first-order chi connectivity index (χ1) is 9.69. The molecule has 2 rings (SSSR count). The normalized spacial score (nSPS) is 30.0. The number of nitrogens with one attached hydrogen (secondary N) is 1. The van der Waals surface area contributed by atoms with E-state index in [2.05, 4.69) is 24.1 Å². The van der Waals surface area contributed by atoms with Gasteiger partial charge in [0.1, 0.15) is 0 Å². The van der Waals surface area contributed by atoms with Crippen molar-refractivity contribution in [1.82, 2.24) is 10.2 Å². The van der Waals surface area contributed by atoms with Gasteiger partial charge in [-0.2, -0.15) is 0 Å². The molecule has 2 fully saturated rings. The van der Waals surface area contributed by atoms with Gasteiger partial charge in [-0.25, -0.2) is 0 Å². The molecule has 118 valence electrons. The van der Waals surface area contributed by atoms with Gasteiger partial charge in [-0.05, 0) is 51.9 Å². The van der Waals surface area contributed by atoms with E-state index in [1.54, 1.807) is 0 Å². The lowest BCUT2D eigenvalue weighted by atomic mass is 9.88. The monoisotopic (exact) mass is 282 g/mol. The molecule has 0 bridgehead atoms. The molecule has 2 aliphatic rings. The molecule has 20 heavy (non-hydrogen) atoms. The molecule has 2 atom stereocenters. The zero-order valence-corrected chi connectivity index (χ0v) is 13.5. The zero-order valence-electron chi connectivity index (χ0n) is 13.5. The van der Waals surface area contributed by atoms with Crippen LogP contribution in [0.3, 0.4) is 0 Å². The summed E-state index contributed by atoms with van der Waals surface area (Å²) in [5.41, 5.74) is 0. The van der Waals surface area contributed by atoms with Gasteiger partial charge < -0.3 is 10.4 Å². The van der Waals surface area contributed by atoms with Crippen LogP contribution < -0.4 is 5.32 Å². The molecular weight excluding hydrogens is 248 g/mol. The van der Waals surface area contributed by atoms with E-state index in [1.165, 1.54) is 58.0 Å². The summed E-state index contributed by atoms with van der Waals surface area (Å²) in [7, 11) is 0. The van der Waals surface area contributed by atoms with Gasteiger partial charge in [0.25, 0.3) is 0 Å². The summed E-state index contributed by atoms with van der Waals surface area (Å²) >= 11 is 0. The molecule has 0 aromatic heterocycles. The minimum atomic E-state index is 0.346. The van der Waals surface area contributed by atoms with Crippen molar-refractivity contribution in [3.05, 3.63) is 0 Å². The summed E-state index contributed by atoms with van der Waals surface area (Å²) in [6.07, 6.45) is 10.5. The highest BCUT2D eigenvalue weighted by molar-refractivity contribution is 4.87. The minimum Gasteiger partial charge on any atom is -0.396 e. The number of piperidine rings is 1. The second-order valence-electron chi connectivity index (χ2n) is 7.21. The van der Waals surface area contributed by atoms with Crippen molar-refractivity contribution in [3.8, 4) is 0 Å². The second kappa shape index (κ2) is 8.35. The summed E-state index contributed by atoms with van der Waals surface area (Å²) in [5, 5.41) is 13.0. The van der Waals surface area contributed by atoms with E-state index in [0.29, 0.717) is 18.7 Å². The van der Waals surface area contributed by atoms with Crippen LogP contribution in [0.1, 0.15) is 65.2 Å². The lowest BCUT2D eigenvalue weighted by Gasteiger charge is -2.42. The first kappa shape index (κ1) is 16.3. The summed E-state index contributed by atoms with van der Waals surface area (Å²) in [6.45, 7) is 7.40. The van der Waals surface area contributed by atoms with Crippen molar-refractivity contribution >= 4 is 0 Å². The Labute approximate surface area is 125 Å². The smallest absolute Gasteiger partial charge is 0.0431 e. The molecule has 1 heterocycles. The summed E-state index contributed by atoms with van der Waals surface area (Å²) in [4.78, 5) is 2.63. The maximum Gasteiger partial charge on any atom is 0.0431 e. The average Bonchev–Trinajstić information content (AvgIpc) is 2.46. The molecule has 3 nitrogen and oxygen atoms in total. The molecule has 2 unspecified atom stereocenters. The van der Waals surface area contributed by atoms with E-state index in [-0.39, 0.29) is 0 Å². The predicted octanol–water partition coefficient (Wildman–Crippen LogP) is 2.78. The van der Waals surface area contributed by atoms with Crippen LogP contribution in [0.15, 0.2) is 0 Å². The first-order valence-electron chi connectivity index (χ1n) is 8.80. The van der Waals surface area contributed by atoms with Gasteiger partial charge in [0.2, 0.25) is 0 Å². The maximum atomic E-state index is 9.07. The topological polar surface area (TPSA) is 35.5 Å². The van der Waals surface area contributed by atoms with Crippen molar-refractivity contribution in [3.63, 3.8) is 0 Å². The van der Waals surface area contributed by atoms with Crippen LogP contribution in [0.5, 0.6) is 0 Å². The molecule has 1 aliphatic heterocycles. The summed E-state index contributed by atoms with van der Waals surface area (Å²) in [5.74, 6) is 0.763. The van der Waals surface area contributed by atoms with Gasteiger partial charge in [0.15, 0.2) is 0 Å². The predicted molar refractivity (Wildman–Crippen MR) is 84.9 cm³/mol. The van der Waals surface area contributed by atoms with Gasteiger partial charge in [0.05, 0.1) is 0 Å². The zero-order chi connectivity index (χ0) is 14.4. The standard InChI is InChI=1S/C17H34N2O/c1-14(2)19-12-15(7-6-10-20)11-17(13-19)18-16-8-4-3-5-9-16/h14-18,20H,3-13H2,1-2H3. The Bertz CT molecular complexity index is 264. The third-order valence-electron chi connectivity index (χ3n) is 5.14. The van der Waals surface area contributed by atoms with Gasteiger partial charge in [0, 0.05) is 37.8 Å². The van der Waals surface area contributed by atoms with Crippen molar-refractivity contribution < 1.29 is 5.11 Å². The van der Waals surface area contributed by atoms with E-state index in [9.17, 15) is 0 Å². The third-order valence-corrected chi connectivity index (χ3v) is 5.14. The lowest BCUT2D eigenvalue weighted by Crippen LogP contribution is -2.53. The number of hydrogen-bond donors (Lipinski definition) is 2. The first-order valence-corrected chi connectivity index (χ1v) is 8.80. The molecular formula is C17H34N2O. The quantitative estimate of drug-likeness (QED) is 0.786. The number of aliphatic hydroxyl groups is 1. The molecule has 0 amide bonds. The maximum absolute atomic E-state index is 9.07. The van der Waals surface area contributed by atoms with Crippen LogP contribution in [0, 0.1) is 5.92 Å². The molecule has 0 radical (unpaired) electrons. The molecule has 2 N–H and O–H groups in total. The number of aliphatic hydroxyl groups excluding tert-OH is 1. The Kier molecular flexibility index (Phi) is 6.79. The SMILES string of the molecule is CC(C)N1CC(CCCO)CC(NC2CCCCC2)C1. The van der Waals surface area contributed by atoms with Crippen LogP contribution in [0.2, 0.25) is 0 Å². The van der Waals surface area contributed by atoms with E-state index >= 15 is 0 Å². The van der Waals surface area contributed by atoms with Crippen LogP contribution in [0.25, 0.3) is 0 Å². The summed E-state index contributed by atoms with van der Waals surface area (Å²) in [6, 6.07) is 2.07. The van der Waals surface area contributed by atoms with Crippen LogP contribution >= 0.6 is 0 Å². The molecule has 1 saturated heterocycles. The molecule has 1 aliphatic carbocycles. The number of nitrogens with zero attached hydrogens (tertiary/aromatic N) is 1. The Morgan fingerprint density at radius 3 is 2.50 bits per heavy atom. The van der Waals surface area contributed by atoms with Gasteiger partial charge >= 0.3 is 0 Å². The van der Waals surface area contributed by atoms with E-state index < -0.39 is 0 Å². The van der Waals surface area contributed by atoms with Crippen molar-refractivity contribution in [2.75, 3.05) is 19.7 Å². The van der Waals surface area contributed by atoms with Crippen LogP contribution in [0.4, 0.5) is 0 Å². The Hall–Kier alpha value is -0.120. The number of hydrogen-bond acceptors (Lipinski definition) is 3. The number of rotatable bonds is 6. The molecule has 0 spiro atoms. The molecule has 0 aromatic carbocycles. The molecule has 0 aromatic rings. The highest BCUT2D eigenvalue weighted by atomic mass is 16.2. The number of likely N-dealkylation sites (tertiary alicyclic amines) is 1.